The van der Waals surface area contributed by atoms with Crippen molar-refractivity contribution >= 4 is 5.91 Å². The van der Waals surface area contributed by atoms with Crippen molar-refractivity contribution in [2.24, 2.45) is 5.73 Å². The SMILES string of the molecule is NC1(C(=O)NCc2ccccn2)CCOCC1. The van der Waals surface area contributed by atoms with Crippen LogP contribution in [-0.2, 0) is 16.1 Å². The number of pyridine rings is 1. The molecule has 17 heavy (non-hydrogen) atoms. The molecule has 5 heteroatoms. The summed E-state index contributed by atoms with van der Waals surface area (Å²) in [5, 5.41) is 2.83. The maximum absolute atomic E-state index is 12.0. The van der Waals surface area contributed by atoms with Crippen molar-refractivity contribution in [3.05, 3.63) is 30.1 Å². The Bertz CT molecular complexity index is 375. The zero-order valence-corrected chi connectivity index (χ0v) is 9.69. The van der Waals surface area contributed by atoms with Gasteiger partial charge in [-0.25, -0.2) is 0 Å². The van der Waals surface area contributed by atoms with E-state index in [1.54, 1.807) is 6.20 Å². The number of carbonyl (C=O) groups excluding carboxylic acids is 1. The number of hydrogen-bond acceptors (Lipinski definition) is 4. The lowest BCUT2D eigenvalue weighted by molar-refractivity contribution is -0.129. The summed E-state index contributed by atoms with van der Waals surface area (Å²) >= 11 is 0. The van der Waals surface area contributed by atoms with Crippen molar-refractivity contribution in [1.82, 2.24) is 10.3 Å². The van der Waals surface area contributed by atoms with Crippen molar-refractivity contribution in [3.8, 4) is 0 Å². The molecule has 0 aliphatic carbocycles. The van der Waals surface area contributed by atoms with Crippen LogP contribution < -0.4 is 11.1 Å². The van der Waals surface area contributed by atoms with E-state index in [1.807, 2.05) is 18.2 Å². The van der Waals surface area contributed by atoms with E-state index in [0.717, 1.165) is 5.69 Å². The van der Waals surface area contributed by atoms with Gasteiger partial charge in [-0.1, -0.05) is 6.07 Å². The second-order valence-corrected chi connectivity index (χ2v) is 4.27. The number of nitrogens with two attached hydrogens (primary N) is 1. The van der Waals surface area contributed by atoms with Gasteiger partial charge in [0.25, 0.3) is 0 Å². The molecule has 0 unspecified atom stereocenters. The molecular weight excluding hydrogens is 218 g/mol. The quantitative estimate of drug-likeness (QED) is 0.785. The number of nitrogens with zero attached hydrogens (tertiary/aromatic N) is 1. The third-order valence-corrected chi connectivity index (χ3v) is 2.99. The molecule has 1 amide bonds. The molecule has 0 aromatic carbocycles. The molecule has 5 nitrogen and oxygen atoms in total. The monoisotopic (exact) mass is 235 g/mol. The topological polar surface area (TPSA) is 77.2 Å². The Balaban J connectivity index is 1.88. The summed E-state index contributed by atoms with van der Waals surface area (Å²) in [6.07, 6.45) is 2.84. The summed E-state index contributed by atoms with van der Waals surface area (Å²) in [4.78, 5) is 16.1. The van der Waals surface area contributed by atoms with E-state index < -0.39 is 5.54 Å². The maximum Gasteiger partial charge on any atom is 0.240 e. The molecule has 1 aliphatic rings. The molecule has 1 aliphatic heterocycles. The van der Waals surface area contributed by atoms with Gasteiger partial charge in [-0.3, -0.25) is 9.78 Å². The number of amides is 1. The fourth-order valence-corrected chi connectivity index (χ4v) is 1.81. The first-order valence-electron chi connectivity index (χ1n) is 5.75. The minimum atomic E-state index is -0.785. The average Bonchev–Trinajstić information content (AvgIpc) is 2.38. The van der Waals surface area contributed by atoms with E-state index in [0.29, 0.717) is 32.6 Å². The highest BCUT2D eigenvalue weighted by molar-refractivity contribution is 5.86. The van der Waals surface area contributed by atoms with Gasteiger partial charge in [0.15, 0.2) is 0 Å². The van der Waals surface area contributed by atoms with Crippen LogP contribution in [0.1, 0.15) is 18.5 Å². The van der Waals surface area contributed by atoms with Crippen LogP contribution in [0.2, 0.25) is 0 Å². The van der Waals surface area contributed by atoms with E-state index >= 15 is 0 Å². The molecule has 1 aromatic heterocycles. The van der Waals surface area contributed by atoms with Crippen LogP contribution in [0.5, 0.6) is 0 Å². The minimum absolute atomic E-state index is 0.119. The molecule has 0 saturated carbocycles. The number of rotatable bonds is 3. The van der Waals surface area contributed by atoms with E-state index in [2.05, 4.69) is 10.3 Å². The summed E-state index contributed by atoms with van der Waals surface area (Å²) in [5.41, 5.74) is 6.10. The predicted molar refractivity (Wildman–Crippen MR) is 63.1 cm³/mol. The highest BCUT2D eigenvalue weighted by Crippen LogP contribution is 2.17. The van der Waals surface area contributed by atoms with Gasteiger partial charge in [0.1, 0.15) is 0 Å². The number of aromatic nitrogens is 1. The van der Waals surface area contributed by atoms with Gasteiger partial charge in [0.05, 0.1) is 17.8 Å². The van der Waals surface area contributed by atoms with Gasteiger partial charge in [-0.15, -0.1) is 0 Å². The molecule has 1 saturated heterocycles. The fourth-order valence-electron chi connectivity index (χ4n) is 1.81. The van der Waals surface area contributed by atoms with Gasteiger partial charge in [-0.05, 0) is 25.0 Å². The Hall–Kier alpha value is -1.46. The zero-order valence-electron chi connectivity index (χ0n) is 9.69. The van der Waals surface area contributed by atoms with Crippen LogP contribution in [0.25, 0.3) is 0 Å². The molecular formula is C12H17N3O2. The lowest BCUT2D eigenvalue weighted by Crippen LogP contribution is -2.56. The lowest BCUT2D eigenvalue weighted by atomic mass is 9.90. The molecule has 1 fully saturated rings. The molecule has 0 radical (unpaired) electrons. The van der Waals surface area contributed by atoms with E-state index in [4.69, 9.17) is 10.5 Å². The largest absolute Gasteiger partial charge is 0.381 e. The van der Waals surface area contributed by atoms with Crippen LogP contribution in [0.3, 0.4) is 0 Å². The second-order valence-electron chi connectivity index (χ2n) is 4.27. The molecule has 2 rings (SSSR count). The Labute approximate surface area is 100 Å². The van der Waals surface area contributed by atoms with Gasteiger partial charge >= 0.3 is 0 Å². The Morgan fingerprint density at radius 3 is 2.88 bits per heavy atom. The van der Waals surface area contributed by atoms with Gasteiger partial charge < -0.3 is 15.8 Å². The molecule has 1 aromatic rings. The Kier molecular flexibility index (Phi) is 3.71. The highest BCUT2D eigenvalue weighted by Gasteiger charge is 2.35. The van der Waals surface area contributed by atoms with Crippen LogP contribution >= 0.6 is 0 Å². The number of nitrogens with one attached hydrogen (secondary N) is 1. The first-order valence-corrected chi connectivity index (χ1v) is 5.75. The molecule has 92 valence electrons. The summed E-state index contributed by atoms with van der Waals surface area (Å²) in [6.45, 7) is 1.51. The van der Waals surface area contributed by atoms with Crippen molar-refractivity contribution < 1.29 is 9.53 Å². The van der Waals surface area contributed by atoms with Crippen LogP contribution in [0.4, 0.5) is 0 Å². The van der Waals surface area contributed by atoms with Gasteiger partial charge in [0, 0.05) is 19.4 Å². The average molecular weight is 235 g/mol. The first-order chi connectivity index (χ1) is 8.21. The number of carbonyl (C=O) groups is 1. The Morgan fingerprint density at radius 2 is 2.24 bits per heavy atom. The Morgan fingerprint density at radius 1 is 1.47 bits per heavy atom. The van der Waals surface area contributed by atoms with Crippen molar-refractivity contribution in [3.63, 3.8) is 0 Å². The van der Waals surface area contributed by atoms with Crippen LogP contribution in [0.15, 0.2) is 24.4 Å². The minimum Gasteiger partial charge on any atom is -0.381 e. The van der Waals surface area contributed by atoms with Gasteiger partial charge in [0.2, 0.25) is 5.91 Å². The maximum atomic E-state index is 12.0. The lowest BCUT2D eigenvalue weighted by Gasteiger charge is -2.31. The standard InChI is InChI=1S/C12H17N3O2/c13-12(4-7-17-8-5-12)11(16)15-9-10-3-1-2-6-14-10/h1-3,6H,4-5,7-9,13H2,(H,15,16). The summed E-state index contributed by atoms with van der Waals surface area (Å²) in [7, 11) is 0. The molecule has 0 atom stereocenters. The third-order valence-electron chi connectivity index (χ3n) is 2.99. The number of hydrogen-bond donors (Lipinski definition) is 2. The third kappa shape index (κ3) is 3.01. The van der Waals surface area contributed by atoms with Crippen molar-refractivity contribution in [1.29, 1.82) is 0 Å². The van der Waals surface area contributed by atoms with Crippen LogP contribution in [-0.4, -0.2) is 29.6 Å². The number of ether oxygens (including phenoxy) is 1. The normalized spacial score (nSPS) is 18.6. The smallest absolute Gasteiger partial charge is 0.240 e. The van der Waals surface area contributed by atoms with Crippen molar-refractivity contribution in [2.75, 3.05) is 13.2 Å². The van der Waals surface area contributed by atoms with Crippen molar-refractivity contribution in [2.45, 2.75) is 24.9 Å². The first kappa shape index (κ1) is 12.0. The molecule has 2 heterocycles. The summed E-state index contributed by atoms with van der Waals surface area (Å²) in [5.74, 6) is -0.119. The predicted octanol–water partition coefficient (Wildman–Crippen LogP) is 0.206. The zero-order chi connectivity index (χ0) is 12.1. The van der Waals surface area contributed by atoms with Gasteiger partial charge in [-0.2, -0.15) is 0 Å². The molecule has 0 bridgehead atoms. The molecule has 0 spiro atoms. The fraction of sp³-hybridized carbons (Fsp3) is 0.500. The van der Waals surface area contributed by atoms with E-state index in [1.165, 1.54) is 0 Å². The summed E-state index contributed by atoms with van der Waals surface area (Å²) in [6, 6.07) is 5.60. The van der Waals surface area contributed by atoms with E-state index in [-0.39, 0.29) is 5.91 Å². The summed E-state index contributed by atoms with van der Waals surface area (Å²) < 4.78 is 5.21. The van der Waals surface area contributed by atoms with E-state index in [9.17, 15) is 4.79 Å². The highest BCUT2D eigenvalue weighted by atomic mass is 16.5. The van der Waals surface area contributed by atoms with Crippen LogP contribution in [0, 0.1) is 0 Å². The molecule has 3 N–H and O–H groups in total. The second kappa shape index (κ2) is 5.25.